The van der Waals surface area contributed by atoms with Gasteiger partial charge in [-0.1, -0.05) is 26.0 Å². The molecule has 0 aromatic heterocycles. The van der Waals surface area contributed by atoms with Crippen LogP contribution in [-0.2, 0) is 0 Å². The van der Waals surface area contributed by atoms with Crippen LogP contribution in [0.2, 0.25) is 0 Å². The van der Waals surface area contributed by atoms with E-state index in [-0.39, 0.29) is 6.04 Å². The summed E-state index contributed by atoms with van der Waals surface area (Å²) in [5.41, 5.74) is 0.406. The van der Waals surface area contributed by atoms with Crippen molar-refractivity contribution in [1.29, 1.82) is 0 Å². The second-order valence-corrected chi connectivity index (χ2v) is 4.50. The first-order valence-corrected chi connectivity index (χ1v) is 6.46. The van der Waals surface area contributed by atoms with E-state index in [4.69, 9.17) is 0 Å². The van der Waals surface area contributed by atoms with Crippen LogP contribution in [0.3, 0.4) is 0 Å². The molecule has 1 atom stereocenters. The second-order valence-electron chi connectivity index (χ2n) is 4.50. The zero-order chi connectivity index (χ0) is 13.5. The molecule has 0 heterocycles. The van der Waals surface area contributed by atoms with Crippen LogP contribution in [0.15, 0.2) is 18.2 Å². The van der Waals surface area contributed by atoms with Gasteiger partial charge < -0.3 is 10.2 Å². The highest BCUT2D eigenvalue weighted by molar-refractivity contribution is 5.23. The Bertz CT molecular complexity index is 369. The fourth-order valence-corrected chi connectivity index (χ4v) is 1.82. The van der Waals surface area contributed by atoms with Crippen molar-refractivity contribution in [1.82, 2.24) is 10.2 Å². The Morgan fingerprint density at radius 2 is 2.00 bits per heavy atom. The Hall–Kier alpha value is -1.00. The average Bonchev–Trinajstić information content (AvgIpc) is 2.37. The third kappa shape index (κ3) is 4.03. The van der Waals surface area contributed by atoms with E-state index in [0.29, 0.717) is 12.1 Å². The van der Waals surface area contributed by atoms with Crippen LogP contribution < -0.4 is 5.32 Å². The molecule has 2 nitrogen and oxygen atoms in total. The van der Waals surface area contributed by atoms with Crippen LogP contribution in [-0.4, -0.2) is 31.6 Å². The first-order valence-electron chi connectivity index (χ1n) is 6.46. The van der Waals surface area contributed by atoms with Gasteiger partial charge in [0.25, 0.3) is 0 Å². The largest absolute Gasteiger partial charge is 0.309 e. The lowest BCUT2D eigenvalue weighted by Crippen LogP contribution is -2.34. The van der Waals surface area contributed by atoms with Gasteiger partial charge in [0, 0.05) is 18.2 Å². The number of halogens is 2. The number of nitrogens with one attached hydrogen (secondary N) is 1. The van der Waals surface area contributed by atoms with Gasteiger partial charge in [0.1, 0.15) is 0 Å². The first-order chi connectivity index (χ1) is 8.60. The molecule has 1 N–H and O–H groups in total. The van der Waals surface area contributed by atoms with Gasteiger partial charge in [-0.3, -0.25) is 0 Å². The van der Waals surface area contributed by atoms with Crippen LogP contribution in [0.1, 0.15) is 31.9 Å². The topological polar surface area (TPSA) is 15.3 Å². The summed E-state index contributed by atoms with van der Waals surface area (Å²) < 4.78 is 27.1. The van der Waals surface area contributed by atoms with E-state index in [2.05, 4.69) is 17.1 Å². The minimum Gasteiger partial charge on any atom is -0.309 e. The first kappa shape index (κ1) is 15.1. The highest BCUT2D eigenvalue weighted by Gasteiger charge is 2.18. The third-order valence-electron chi connectivity index (χ3n) is 3.03. The number of benzene rings is 1. The maximum atomic E-state index is 13.8. The van der Waals surface area contributed by atoms with Gasteiger partial charge in [0.15, 0.2) is 11.6 Å². The summed E-state index contributed by atoms with van der Waals surface area (Å²) in [5.74, 6) is -1.52. The van der Waals surface area contributed by atoms with Gasteiger partial charge in [0.05, 0.1) is 0 Å². The number of nitrogens with zero attached hydrogens (tertiary/aromatic N) is 1. The van der Waals surface area contributed by atoms with Gasteiger partial charge in [-0.2, -0.15) is 0 Å². The minimum atomic E-state index is -0.782. The molecule has 0 radical (unpaired) electrons. The molecular weight excluding hydrogens is 234 g/mol. The smallest absolute Gasteiger partial charge is 0.163 e. The lowest BCUT2D eigenvalue weighted by Gasteiger charge is -2.25. The molecule has 0 fully saturated rings. The van der Waals surface area contributed by atoms with Crippen LogP contribution in [0.4, 0.5) is 8.78 Å². The molecule has 0 saturated carbocycles. The van der Waals surface area contributed by atoms with Gasteiger partial charge in [0.2, 0.25) is 0 Å². The van der Waals surface area contributed by atoms with Crippen molar-refractivity contribution in [3.63, 3.8) is 0 Å². The number of hydrogen-bond donors (Lipinski definition) is 1. The summed E-state index contributed by atoms with van der Waals surface area (Å²) in [6, 6.07) is 4.18. The minimum absolute atomic E-state index is 0.175. The quantitative estimate of drug-likeness (QED) is 0.807. The third-order valence-corrected chi connectivity index (χ3v) is 3.03. The fourth-order valence-electron chi connectivity index (χ4n) is 1.82. The maximum Gasteiger partial charge on any atom is 0.163 e. The molecular formula is C14H22F2N2. The van der Waals surface area contributed by atoms with Crippen molar-refractivity contribution in [3.05, 3.63) is 35.4 Å². The Kier molecular flexibility index (Phi) is 6.22. The summed E-state index contributed by atoms with van der Waals surface area (Å²) in [6.45, 7) is 6.42. The van der Waals surface area contributed by atoms with E-state index in [1.807, 2.05) is 14.0 Å². The van der Waals surface area contributed by atoms with Gasteiger partial charge >= 0.3 is 0 Å². The predicted molar refractivity (Wildman–Crippen MR) is 70.6 cm³/mol. The van der Waals surface area contributed by atoms with E-state index < -0.39 is 11.6 Å². The summed E-state index contributed by atoms with van der Waals surface area (Å²) in [4.78, 5) is 2.08. The van der Waals surface area contributed by atoms with Crippen LogP contribution >= 0.6 is 0 Å². The molecule has 102 valence electrons. The summed E-state index contributed by atoms with van der Waals surface area (Å²) >= 11 is 0. The summed E-state index contributed by atoms with van der Waals surface area (Å²) in [5, 5.41) is 3.27. The highest BCUT2D eigenvalue weighted by atomic mass is 19.2. The molecule has 1 aromatic carbocycles. The molecule has 0 bridgehead atoms. The summed E-state index contributed by atoms with van der Waals surface area (Å²) in [6.07, 6.45) is 0.962. The Morgan fingerprint density at radius 1 is 1.28 bits per heavy atom. The molecule has 4 heteroatoms. The lowest BCUT2D eigenvalue weighted by atomic mass is 10.1. The van der Waals surface area contributed by atoms with Crippen LogP contribution in [0, 0.1) is 11.6 Å². The molecule has 1 aromatic rings. The molecule has 0 amide bonds. The number of hydrogen-bond acceptors (Lipinski definition) is 2. The van der Waals surface area contributed by atoms with Crippen molar-refractivity contribution < 1.29 is 8.78 Å². The Morgan fingerprint density at radius 3 is 2.61 bits per heavy atom. The SMILES string of the molecule is CCCNC(CN(C)CC)c1cccc(F)c1F. The molecule has 0 saturated heterocycles. The van der Waals surface area contributed by atoms with Gasteiger partial charge in [-0.25, -0.2) is 8.78 Å². The Balaban J connectivity index is 2.90. The van der Waals surface area contributed by atoms with Gasteiger partial charge in [-0.15, -0.1) is 0 Å². The summed E-state index contributed by atoms with van der Waals surface area (Å²) in [7, 11) is 1.97. The molecule has 18 heavy (non-hydrogen) atoms. The monoisotopic (exact) mass is 256 g/mol. The molecule has 0 aliphatic carbocycles. The molecule has 1 rings (SSSR count). The fraction of sp³-hybridized carbons (Fsp3) is 0.571. The molecule has 0 aliphatic heterocycles. The zero-order valence-corrected chi connectivity index (χ0v) is 11.3. The normalized spacial score (nSPS) is 13.0. The standard InChI is InChI=1S/C14H22F2N2/c1-4-9-17-13(10-18(3)5-2)11-7-6-8-12(15)14(11)16/h6-8,13,17H,4-5,9-10H2,1-3H3. The maximum absolute atomic E-state index is 13.8. The van der Waals surface area contributed by atoms with Crippen molar-refractivity contribution in [3.8, 4) is 0 Å². The predicted octanol–water partition coefficient (Wildman–Crippen LogP) is 2.96. The van der Waals surface area contributed by atoms with E-state index in [1.165, 1.54) is 0 Å². The van der Waals surface area contributed by atoms with E-state index in [1.54, 1.807) is 12.1 Å². The molecule has 0 aliphatic rings. The molecule has 1 unspecified atom stereocenters. The number of likely N-dealkylation sites (N-methyl/N-ethyl adjacent to an activating group) is 1. The van der Waals surface area contributed by atoms with E-state index >= 15 is 0 Å². The van der Waals surface area contributed by atoms with Crippen LogP contribution in [0.5, 0.6) is 0 Å². The van der Waals surface area contributed by atoms with Crippen molar-refractivity contribution >= 4 is 0 Å². The van der Waals surface area contributed by atoms with Crippen molar-refractivity contribution in [2.24, 2.45) is 0 Å². The number of rotatable bonds is 7. The molecule has 0 spiro atoms. The average molecular weight is 256 g/mol. The zero-order valence-electron chi connectivity index (χ0n) is 11.3. The van der Waals surface area contributed by atoms with E-state index in [0.717, 1.165) is 25.6 Å². The van der Waals surface area contributed by atoms with Crippen LogP contribution in [0.25, 0.3) is 0 Å². The Labute approximate surface area is 108 Å². The van der Waals surface area contributed by atoms with Crippen molar-refractivity contribution in [2.45, 2.75) is 26.3 Å². The van der Waals surface area contributed by atoms with E-state index in [9.17, 15) is 8.78 Å². The highest BCUT2D eigenvalue weighted by Crippen LogP contribution is 2.20. The van der Waals surface area contributed by atoms with Crippen molar-refractivity contribution in [2.75, 3.05) is 26.7 Å². The second kappa shape index (κ2) is 7.44. The van der Waals surface area contributed by atoms with Gasteiger partial charge in [-0.05, 0) is 32.6 Å². The lowest BCUT2D eigenvalue weighted by molar-refractivity contribution is 0.298.